The van der Waals surface area contributed by atoms with Gasteiger partial charge in [0.2, 0.25) is 0 Å². The minimum Gasteiger partial charge on any atom is -0.497 e. The van der Waals surface area contributed by atoms with Crippen LogP contribution >= 0.6 is 0 Å². The molecule has 0 spiro atoms. The number of esters is 1. The molecule has 1 N–H and O–H groups in total. The third kappa shape index (κ3) is 5.38. The van der Waals surface area contributed by atoms with Crippen LogP contribution in [0.2, 0.25) is 0 Å². The lowest BCUT2D eigenvalue weighted by Crippen LogP contribution is -2.34. The van der Waals surface area contributed by atoms with E-state index in [0.717, 1.165) is 36.3 Å². The van der Waals surface area contributed by atoms with Crippen LogP contribution in [0.15, 0.2) is 54.6 Å². The summed E-state index contributed by atoms with van der Waals surface area (Å²) in [4.78, 5) is 26.1. The van der Waals surface area contributed by atoms with Gasteiger partial charge in [0.05, 0.1) is 19.8 Å². The van der Waals surface area contributed by atoms with Crippen molar-refractivity contribution in [3.05, 3.63) is 65.7 Å². The molecule has 2 aromatic rings. The van der Waals surface area contributed by atoms with E-state index in [1.165, 1.54) is 6.08 Å². The molecule has 1 saturated heterocycles. The van der Waals surface area contributed by atoms with Gasteiger partial charge in [-0.15, -0.1) is 0 Å². The second-order valence-electron chi connectivity index (χ2n) is 6.76. The van der Waals surface area contributed by atoms with E-state index in [1.807, 2.05) is 53.4 Å². The first-order valence-corrected chi connectivity index (χ1v) is 9.77. The highest BCUT2D eigenvalue weighted by Gasteiger charge is 2.30. The van der Waals surface area contributed by atoms with Crippen LogP contribution in [0.1, 0.15) is 36.9 Å². The number of benzene rings is 2. The van der Waals surface area contributed by atoms with Crippen LogP contribution in [0.25, 0.3) is 6.08 Å². The fraction of sp³-hybridized carbons (Fsp3) is 0.304. The minimum atomic E-state index is -0.372. The van der Waals surface area contributed by atoms with Gasteiger partial charge in [-0.1, -0.05) is 24.3 Å². The molecule has 1 atom stereocenters. The van der Waals surface area contributed by atoms with Crippen molar-refractivity contribution in [1.29, 1.82) is 0 Å². The summed E-state index contributed by atoms with van der Waals surface area (Å²) in [6, 6.07) is 15.2. The van der Waals surface area contributed by atoms with Crippen molar-refractivity contribution in [3.8, 4) is 5.75 Å². The van der Waals surface area contributed by atoms with Crippen molar-refractivity contribution in [2.45, 2.75) is 25.8 Å². The number of nitrogens with one attached hydrogen (secondary N) is 1. The average molecular weight is 394 g/mol. The molecular formula is C23H26N2O4. The molecule has 29 heavy (non-hydrogen) atoms. The number of hydrogen-bond donors (Lipinski definition) is 1. The predicted octanol–water partition coefficient (Wildman–Crippen LogP) is 4.64. The summed E-state index contributed by atoms with van der Waals surface area (Å²) in [5.41, 5.74) is 2.68. The van der Waals surface area contributed by atoms with Crippen LogP contribution in [0.3, 0.4) is 0 Å². The number of carbonyl (C=O) groups excluding carboxylic acids is 2. The predicted molar refractivity (Wildman–Crippen MR) is 113 cm³/mol. The Balaban J connectivity index is 1.62. The second kappa shape index (κ2) is 9.78. The SMILES string of the molecule is CCOC(=O)/C=C/c1ccc(NC(=O)N2CCCC2c2ccc(OC)cc2)cc1. The molecule has 2 amide bonds. The van der Waals surface area contributed by atoms with Crippen LogP contribution in [0.5, 0.6) is 5.75 Å². The van der Waals surface area contributed by atoms with Crippen LogP contribution < -0.4 is 10.1 Å². The molecule has 1 fully saturated rings. The largest absolute Gasteiger partial charge is 0.497 e. The number of methoxy groups -OCH3 is 1. The highest BCUT2D eigenvalue weighted by atomic mass is 16.5. The Morgan fingerprint density at radius 3 is 2.52 bits per heavy atom. The monoisotopic (exact) mass is 394 g/mol. The summed E-state index contributed by atoms with van der Waals surface area (Å²) in [5, 5.41) is 2.97. The van der Waals surface area contributed by atoms with Gasteiger partial charge in [-0.2, -0.15) is 0 Å². The Morgan fingerprint density at radius 1 is 1.14 bits per heavy atom. The van der Waals surface area contributed by atoms with Crippen LogP contribution in [0.4, 0.5) is 10.5 Å². The first-order valence-electron chi connectivity index (χ1n) is 9.77. The topological polar surface area (TPSA) is 67.9 Å². The number of urea groups is 1. The molecule has 2 aromatic carbocycles. The van der Waals surface area contributed by atoms with Gasteiger partial charge in [-0.05, 0) is 61.2 Å². The lowest BCUT2D eigenvalue weighted by atomic mass is 10.0. The zero-order valence-corrected chi connectivity index (χ0v) is 16.8. The molecule has 3 rings (SSSR count). The normalized spacial score (nSPS) is 16.1. The molecule has 1 aliphatic heterocycles. The van der Waals surface area contributed by atoms with Gasteiger partial charge in [-0.25, -0.2) is 9.59 Å². The number of rotatable bonds is 6. The lowest BCUT2D eigenvalue weighted by Gasteiger charge is -2.25. The number of amides is 2. The van der Waals surface area contributed by atoms with E-state index >= 15 is 0 Å². The van der Waals surface area contributed by atoms with Gasteiger partial charge in [-0.3, -0.25) is 0 Å². The van der Waals surface area contributed by atoms with Crippen molar-refractivity contribution in [2.24, 2.45) is 0 Å². The zero-order chi connectivity index (χ0) is 20.6. The van der Waals surface area contributed by atoms with E-state index in [1.54, 1.807) is 20.1 Å². The molecule has 6 heteroatoms. The molecule has 6 nitrogen and oxygen atoms in total. The van der Waals surface area contributed by atoms with Crippen molar-refractivity contribution in [3.63, 3.8) is 0 Å². The van der Waals surface area contributed by atoms with Crippen molar-refractivity contribution < 1.29 is 19.1 Å². The van der Waals surface area contributed by atoms with Crippen LogP contribution in [-0.4, -0.2) is 37.2 Å². The molecular weight excluding hydrogens is 368 g/mol. The maximum absolute atomic E-state index is 12.8. The van der Waals surface area contributed by atoms with Crippen LogP contribution in [0, 0.1) is 0 Å². The maximum Gasteiger partial charge on any atom is 0.330 e. The summed E-state index contributed by atoms with van der Waals surface area (Å²) in [6.07, 6.45) is 4.99. The standard InChI is InChI=1S/C23H26N2O4/c1-3-29-22(26)15-8-17-6-11-19(12-7-17)24-23(27)25-16-4-5-21(25)18-9-13-20(28-2)14-10-18/h6-15,21H,3-5,16H2,1-2H3,(H,24,27)/b15-8+. The van der Waals surface area contributed by atoms with Crippen LogP contribution in [-0.2, 0) is 9.53 Å². The minimum absolute atomic E-state index is 0.0627. The first-order chi connectivity index (χ1) is 14.1. The van der Waals surface area contributed by atoms with Gasteiger partial charge >= 0.3 is 12.0 Å². The smallest absolute Gasteiger partial charge is 0.330 e. The summed E-state index contributed by atoms with van der Waals surface area (Å²) < 4.78 is 10.1. The van der Waals surface area contributed by atoms with Gasteiger partial charge in [0.1, 0.15) is 5.75 Å². The molecule has 1 unspecified atom stereocenters. The summed E-state index contributed by atoms with van der Waals surface area (Å²) in [7, 11) is 1.64. The average Bonchev–Trinajstić information content (AvgIpc) is 3.24. The Hall–Kier alpha value is -3.28. The molecule has 0 radical (unpaired) electrons. The van der Waals surface area contributed by atoms with Gasteiger partial charge in [0.25, 0.3) is 0 Å². The Kier molecular flexibility index (Phi) is 6.89. The van der Waals surface area contributed by atoms with Crippen molar-refractivity contribution in [1.82, 2.24) is 4.90 Å². The van der Waals surface area contributed by atoms with Crippen molar-refractivity contribution in [2.75, 3.05) is 25.6 Å². The van der Waals surface area contributed by atoms with E-state index in [-0.39, 0.29) is 18.0 Å². The highest BCUT2D eigenvalue weighted by Crippen LogP contribution is 2.33. The highest BCUT2D eigenvalue weighted by molar-refractivity contribution is 5.90. The first kappa shape index (κ1) is 20.5. The molecule has 0 saturated carbocycles. The molecule has 0 bridgehead atoms. The fourth-order valence-electron chi connectivity index (χ4n) is 3.41. The molecule has 1 aliphatic rings. The Labute approximate surface area is 171 Å². The molecule has 0 aliphatic carbocycles. The lowest BCUT2D eigenvalue weighted by molar-refractivity contribution is -0.137. The molecule has 1 heterocycles. The molecule has 152 valence electrons. The summed E-state index contributed by atoms with van der Waals surface area (Å²) in [6.45, 7) is 2.84. The van der Waals surface area contributed by atoms with Gasteiger partial charge in [0, 0.05) is 18.3 Å². The van der Waals surface area contributed by atoms with Crippen molar-refractivity contribution >= 4 is 23.8 Å². The van der Waals surface area contributed by atoms with E-state index in [9.17, 15) is 9.59 Å². The van der Waals surface area contributed by atoms with E-state index in [4.69, 9.17) is 9.47 Å². The van der Waals surface area contributed by atoms with E-state index < -0.39 is 0 Å². The number of nitrogens with zero attached hydrogens (tertiary/aromatic N) is 1. The quantitative estimate of drug-likeness (QED) is 0.572. The Bertz CT molecular complexity index is 859. The van der Waals surface area contributed by atoms with Gasteiger partial charge < -0.3 is 19.7 Å². The number of carbonyl (C=O) groups is 2. The third-order valence-corrected chi connectivity index (χ3v) is 4.87. The number of hydrogen-bond acceptors (Lipinski definition) is 4. The zero-order valence-electron chi connectivity index (χ0n) is 16.8. The van der Waals surface area contributed by atoms with Gasteiger partial charge in [0.15, 0.2) is 0 Å². The Morgan fingerprint density at radius 2 is 1.86 bits per heavy atom. The number of anilines is 1. The summed E-state index contributed by atoms with van der Waals surface area (Å²) >= 11 is 0. The fourth-order valence-corrected chi connectivity index (χ4v) is 3.41. The maximum atomic E-state index is 12.8. The second-order valence-corrected chi connectivity index (χ2v) is 6.76. The molecule has 0 aromatic heterocycles. The van der Waals surface area contributed by atoms with E-state index in [0.29, 0.717) is 12.3 Å². The van der Waals surface area contributed by atoms with E-state index in [2.05, 4.69) is 5.32 Å². The number of likely N-dealkylation sites (tertiary alicyclic amines) is 1. The summed E-state index contributed by atoms with van der Waals surface area (Å²) in [5.74, 6) is 0.434. The third-order valence-electron chi connectivity index (χ3n) is 4.87. The number of ether oxygens (including phenoxy) is 2.